The second-order valence-electron chi connectivity index (χ2n) is 4.40. The van der Waals surface area contributed by atoms with Gasteiger partial charge in [-0.1, -0.05) is 29.8 Å². The van der Waals surface area contributed by atoms with Crippen LogP contribution in [0.3, 0.4) is 0 Å². The van der Waals surface area contributed by atoms with E-state index in [4.69, 9.17) is 0 Å². The van der Waals surface area contributed by atoms with Crippen molar-refractivity contribution in [1.29, 1.82) is 0 Å². The molecule has 0 unspecified atom stereocenters. The monoisotopic (exact) mass is 243 g/mol. The van der Waals surface area contributed by atoms with E-state index in [2.05, 4.69) is 41.5 Å². The second-order valence-corrected chi connectivity index (χ2v) is 4.40. The maximum absolute atomic E-state index is 11.7. The van der Waals surface area contributed by atoms with Crippen molar-refractivity contribution >= 4 is 11.9 Å². The molecule has 0 atom stereocenters. The van der Waals surface area contributed by atoms with Crippen LogP contribution in [0.4, 0.5) is 5.95 Å². The fourth-order valence-corrected chi connectivity index (χ4v) is 1.69. The molecule has 1 N–H and O–H groups in total. The number of carbonyl (C=O) groups excluding carboxylic acids is 1. The van der Waals surface area contributed by atoms with Gasteiger partial charge in [0.1, 0.15) is 0 Å². The first-order valence-electron chi connectivity index (χ1n) is 5.98. The number of aromatic nitrogens is 2. The summed E-state index contributed by atoms with van der Waals surface area (Å²) < 4.78 is 1.78. The lowest BCUT2D eigenvalue weighted by Crippen LogP contribution is -2.15. The van der Waals surface area contributed by atoms with Gasteiger partial charge < -0.3 is 4.57 Å². The molecule has 1 heterocycles. The molecular formula is C14H17N3O. The number of anilines is 1. The Bertz CT molecular complexity index is 528. The van der Waals surface area contributed by atoms with Crippen LogP contribution in [0.1, 0.15) is 17.5 Å². The Labute approximate surface area is 107 Å². The number of hydrogen-bond donors (Lipinski definition) is 1. The topological polar surface area (TPSA) is 46.9 Å². The minimum absolute atomic E-state index is 0.00937. The van der Waals surface area contributed by atoms with E-state index in [0.717, 1.165) is 6.42 Å². The molecule has 0 radical (unpaired) electrons. The number of nitrogens with zero attached hydrogens (tertiary/aromatic N) is 2. The zero-order valence-electron chi connectivity index (χ0n) is 10.7. The molecule has 0 aliphatic rings. The number of amides is 1. The summed E-state index contributed by atoms with van der Waals surface area (Å²) >= 11 is 0. The minimum Gasteiger partial charge on any atom is -0.320 e. The van der Waals surface area contributed by atoms with Gasteiger partial charge in [-0.2, -0.15) is 0 Å². The third-order valence-corrected chi connectivity index (χ3v) is 2.83. The summed E-state index contributed by atoms with van der Waals surface area (Å²) in [7, 11) is 1.85. The van der Waals surface area contributed by atoms with E-state index in [-0.39, 0.29) is 5.91 Å². The van der Waals surface area contributed by atoms with Crippen LogP contribution < -0.4 is 5.32 Å². The van der Waals surface area contributed by atoms with E-state index < -0.39 is 0 Å². The summed E-state index contributed by atoms with van der Waals surface area (Å²) in [6, 6.07) is 8.24. The molecule has 1 aromatic heterocycles. The summed E-state index contributed by atoms with van der Waals surface area (Å²) in [5, 5.41) is 2.78. The van der Waals surface area contributed by atoms with E-state index in [1.807, 2.05) is 7.05 Å². The van der Waals surface area contributed by atoms with Gasteiger partial charge in [0.2, 0.25) is 11.9 Å². The van der Waals surface area contributed by atoms with Gasteiger partial charge in [0.15, 0.2) is 0 Å². The molecule has 0 bridgehead atoms. The Morgan fingerprint density at radius 3 is 2.67 bits per heavy atom. The molecule has 4 heteroatoms. The van der Waals surface area contributed by atoms with Gasteiger partial charge in [0.25, 0.3) is 0 Å². The minimum atomic E-state index is -0.00937. The number of hydrogen-bond acceptors (Lipinski definition) is 2. The lowest BCUT2D eigenvalue weighted by molar-refractivity contribution is -0.116. The zero-order chi connectivity index (χ0) is 13.0. The van der Waals surface area contributed by atoms with Gasteiger partial charge in [-0.3, -0.25) is 10.1 Å². The Kier molecular flexibility index (Phi) is 3.77. The van der Waals surface area contributed by atoms with E-state index >= 15 is 0 Å². The van der Waals surface area contributed by atoms with Crippen molar-refractivity contribution < 1.29 is 4.79 Å². The van der Waals surface area contributed by atoms with Gasteiger partial charge in [-0.25, -0.2) is 4.98 Å². The van der Waals surface area contributed by atoms with Crippen molar-refractivity contribution in [2.24, 2.45) is 7.05 Å². The molecule has 0 aliphatic carbocycles. The van der Waals surface area contributed by atoms with Crippen molar-refractivity contribution in [1.82, 2.24) is 9.55 Å². The molecule has 0 fully saturated rings. The van der Waals surface area contributed by atoms with Crippen molar-refractivity contribution in [2.45, 2.75) is 19.8 Å². The molecule has 4 nitrogen and oxygen atoms in total. The molecule has 2 rings (SSSR count). The van der Waals surface area contributed by atoms with Crippen LogP contribution in [0.5, 0.6) is 0 Å². The summed E-state index contributed by atoms with van der Waals surface area (Å²) in [6.45, 7) is 2.05. The predicted molar refractivity (Wildman–Crippen MR) is 71.3 cm³/mol. The maximum Gasteiger partial charge on any atom is 0.227 e. The van der Waals surface area contributed by atoms with E-state index in [1.54, 1.807) is 17.0 Å². The third-order valence-electron chi connectivity index (χ3n) is 2.83. The molecule has 1 amide bonds. The van der Waals surface area contributed by atoms with Crippen molar-refractivity contribution in [3.63, 3.8) is 0 Å². The Hall–Kier alpha value is -2.10. The summed E-state index contributed by atoms with van der Waals surface area (Å²) in [6.07, 6.45) is 4.68. The first-order chi connectivity index (χ1) is 8.65. The molecule has 1 aromatic carbocycles. The Balaban J connectivity index is 1.85. The number of aryl methyl sites for hydroxylation is 3. The van der Waals surface area contributed by atoms with Crippen LogP contribution in [-0.4, -0.2) is 15.5 Å². The third kappa shape index (κ3) is 3.20. The molecule has 0 aliphatic heterocycles. The quantitative estimate of drug-likeness (QED) is 0.895. The van der Waals surface area contributed by atoms with Crippen molar-refractivity contribution in [2.75, 3.05) is 5.32 Å². The maximum atomic E-state index is 11.7. The van der Waals surface area contributed by atoms with Gasteiger partial charge in [0.05, 0.1) is 0 Å². The standard InChI is InChI=1S/C14H17N3O/c1-11-3-5-12(6-4-11)7-8-13(18)16-14-15-9-10-17(14)2/h3-6,9-10H,7-8H2,1-2H3,(H,15,16,18). The summed E-state index contributed by atoms with van der Waals surface area (Å²) in [5.74, 6) is 0.578. The highest BCUT2D eigenvalue weighted by atomic mass is 16.1. The van der Waals surface area contributed by atoms with Gasteiger partial charge >= 0.3 is 0 Å². The van der Waals surface area contributed by atoms with Gasteiger partial charge in [-0.05, 0) is 18.9 Å². The number of rotatable bonds is 4. The van der Waals surface area contributed by atoms with Crippen molar-refractivity contribution in [3.8, 4) is 0 Å². The van der Waals surface area contributed by atoms with Crippen LogP contribution in [-0.2, 0) is 18.3 Å². The lowest BCUT2D eigenvalue weighted by Gasteiger charge is -2.05. The normalized spacial score (nSPS) is 10.3. The summed E-state index contributed by atoms with van der Waals surface area (Å²) in [5.41, 5.74) is 2.41. The SMILES string of the molecule is Cc1ccc(CCC(=O)Nc2nccn2C)cc1. The molecule has 0 saturated carbocycles. The van der Waals surface area contributed by atoms with Crippen LogP contribution in [0.25, 0.3) is 0 Å². The first kappa shape index (κ1) is 12.4. The molecule has 2 aromatic rings. The fraction of sp³-hybridized carbons (Fsp3) is 0.286. The molecular weight excluding hydrogens is 226 g/mol. The summed E-state index contributed by atoms with van der Waals surface area (Å²) in [4.78, 5) is 15.8. The van der Waals surface area contributed by atoms with Crippen LogP contribution in [0.2, 0.25) is 0 Å². The highest BCUT2D eigenvalue weighted by Gasteiger charge is 2.05. The van der Waals surface area contributed by atoms with Crippen LogP contribution >= 0.6 is 0 Å². The number of nitrogens with one attached hydrogen (secondary N) is 1. The molecule has 0 saturated heterocycles. The Morgan fingerprint density at radius 1 is 1.33 bits per heavy atom. The zero-order valence-corrected chi connectivity index (χ0v) is 10.7. The van der Waals surface area contributed by atoms with Crippen LogP contribution in [0.15, 0.2) is 36.7 Å². The molecule has 94 valence electrons. The van der Waals surface area contributed by atoms with Crippen molar-refractivity contribution in [3.05, 3.63) is 47.8 Å². The Morgan fingerprint density at radius 2 is 2.06 bits per heavy atom. The lowest BCUT2D eigenvalue weighted by atomic mass is 10.1. The first-order valence-corrected chi connectivity index (χ1v) is 5.98. The van der Waals surface area contributed by atoms with E-state index in [9.17, 15) is 4.79 Å². The van der Waals surface area contributed by atoms with Crippen LogP contribution in [0, 0.1) is 6.92 Å². The average Bonchev–Trinajstić information content (AvgIpc) is 2.74. The molecule has 0 spiro atoms. The average molecular weight is 243 g/mol. The fourth-order valence-electron chi connectivity index (χ4n) is 1.69. The highest BCUT2D eigenvalue weighted by molar-refractivity contribution is 5.89. The number of carbonyl (C=O) groups is 1. The van der Waals surface area contributed by atoms with E-state index in [1.165, 1.54) is 11.1 Å². The predicted octanol–water partition coefficient (Wildman–Crippen LogP) is 2.30. The van der Waals surface area contributed by atoms with Gasteiger partial charge in [0, 0.05) is 25.9 Å². The number of imidazole rings is 1. The highest BCUT2D eigenvalue weighted by Crippen LogP contribution is 2.07. The largest absolute Gasteiger partial charge is 0.320 e. The van der Waals surface area contributed by atoms with Gasteiger partial charge in [-0.15, -0.1) is 0 Å². The van der Waals surface area contributed by atoms with E-state index in [0.29, 0.717) is 12.4 Å². The number of benzene rings is 1. The smallest absolute Gasteiger partial charge is 0.227 e. The molecule has 18 heavy (non-hydrogen) atoms. The second kappa shape index (κ2) is 5.49.